The van der Waals surface area contributed by atoms with E-state index in [1.807, 2.05) is 0 Å². The molecule has 0 aliphatic rings. The molecule has 0 spiro atoms. The van der Waals surface area contributed by atoms with Gasteiger partial charge in [0.25, 0.3) is 5.91 Å². The van der Waals surface area contributed by atoms with Gasteiger partial charge in [-0.25, -0.2) is 0 Å². The van der Waals surface area contributed by atoms with Crippen LogP contribution in [-0.4, -0.2) is 17.3 Å². The molecule has 0 aliphatic heterocycles. The van der Waals surface area contributed by atoms with E-state index >= 15 is 0 Å². The quantitative estimate of drug-likeness (QED) is 0.433. The molecular weight excluding hydrogens is 443 g/mol. The fraction of sp³-hybridized carbons (Fsp3) is 0.167. The van der Waals surface area contributed by atoms with Crippen molar-refractivity contribution in [1.82, 2.24) is 0 Å². The summed E-state index contributed by atoms with van der Waals surface area (Å²) in [5, 5.41) is 2.97. The van der Waals surface area contributed by atoms with Gasteiger partial charge in [-0.15, -0.1) is 0 Å². The molecule has 1 N–H and O–H groups in total. The van der Waals surface area contributed by atoms with Crippen LogP contribution in [0.4, 0.5) is 18.9 Å². The first-order chi connectivity index (χ1) is 15.0. The molecule has 0 fully saturated rings. The molecule has 0 bridgehead atoms. The van der Waals surface area contributed by atoms with Gasteiger partial charge in [0.1, 0.15) is 5.75 Å². The lowest BCUT2D eigenvalue weighted by atomic mass is 10.0. The highest BCUT2D eigenvalue weighted by Crippen LogP contribution is 2.31. The maximum atomic E-state index is 12.9. The summed E-state index contributed by atoms with van der Waals surface area (Å²) in [4.78, 5) is 25.1. The molecule has 0 aromatic heterocycles. The standard InChI is InChI=1S/C24H19ClF3NO3/c1-23(2,22(31)29-19-5-3-4-17(14-19)24(26,27)28)32-20-12-8-16(9-13-20)21(30)15-6-10-18(25)11-7-15/h3-14H,1-2H3,(H,29,31). The van der Waals surface area contributed by atoms with Crippen LogP contribution in [0.15, 0.2) is 72.8 Å². The van der Waals surface area contributed by atoms with Crippen molar-refractivity contribution in [2.24, 2.45) is 0 Å². The number of amides is 1. The van der Waals surface area contributed by atoms with Crippen molar-refractivity contribution in [3.8, 4) is 5.75 Å². The second-order valence-corrected chi connectivity index (χ2v) is 7.94. The number of anilines is 1. The van der Waals surface area contributed by atoms with Crippen LogP contribution in [0, 0.1) is 0 Å². The van der Waals surface area contributed by atoms with Crippen molar-refractivity contribution < 1.29 is 27.5 Å². The van der Waals surface area contributed by atoms with E-state index in [0.717, 1.165) is 12.1 Å². The molecule has 3 aromatic carbocycles. The van der Waals surface area contributed by atoms with Gasteiger partial charge >= 0.3 is 6.18 Å². The molecule has 0 saturated heterocycles. The zero-order chi connectivity index (χ0) is 23.5. The van der Waals surface area contributed by atoms with Gasteiger partial charge in [0, 0.05) is 21.8 Å². The van der Waals surface area contributed by atoms with Crippen LogP contribution in [0.1, 0.15) is 35.3 Å². The average molecular weight is 462 g/mol. The molecule has 4 nitrogen and oxygen atoms in total. The number of hydrogen-bond donors (Lipinski definition) is 1. The lowest BCUT2D eigenvalue weighted by Gasteiger charge is -2.25. The van der Waals surface area contributed by atoms with Crippen molar-refractivity contribution in [3.63, 3.8) is 0 Å². The molecule has 0 unspecified atom stereocenters. The van der Waals surface area contributed by atoms with Crippen molar-refractivity contribution >= 4 is 29.0 Å². The monoisotopic (exact) mass is 461 g/mol. The van der Waals surface area contributed by atoms with Gasteiger partial charge in [-0.3, -0.25) is 9.59 Å². The zero-order valence-electron chi connectivity index (χ0n) is 17.2. The topological polar surface area (TPSA) is 55.4 Å². The highest BCUT2D eigenvalue weighted by molar-refractivity contribution is 6.30. The summed E-state index contributed by atoms with van der Waals surface area (Å²) in [6.07, 6.45) is -4.52. The largest absolute Gasteiger partial charge is 0.478 e. The minimum Gasteiger partial charge on any atom is -0.478 e. The van der Waals surface area contributed by atoms with Crippen molar-refractivity contribution in [2.45, 2.75) is 25.6 Å². The first kappa shape index (κ1) is 23.3. The number of halogens is 4. The maximum absolute atomic E-state index is 12.9. The average Bonchev–Trinajstić information content (AvgIpc) is 2.73. The van der Waals surface area contributed by atoms with Crippen LogP contribution < -0.4 is 10.1 Å². The van der Waals surface area contributed by atoms with Gasteiger partial charge in [-0.05, 0) is 80.6 Å². The summed E-state index contributed by atoms with van der Waals surface area (Å²) in [6, 6.07) is 17.0. The molecule has 166 valence electrons. The lowest BCUT2D eigenvalue weighted by Crippen LogP contribution is -2.42. The summed E-state index contributed by atoms with van der Waals surface area (Å²) in [6.45, 7) is 2.98. The summed E-state index contributed by atoms with van der Waals surface area (Å²) in [5.41, 5.74) is -1.36. The predicted octanol–water partition coefficient (Wildman–Crippen LogP) is 6.39. The number of alkyl halides is 3. The van der Waals surface area contributed by atoms with E-state index in [1.54, 1.807) is 48.5 Å². The Morgan fingerprint density at radius 1 is 0.875 bits per heavy atom. The molecule has 32 heavy (non-hydrogen) atoms. The number of carbonyl (C=O) groups excluding carboxylic acids is 2. The molecule has 1 amide bonds. The molecule has 3 rings (SSSR count). The van der Waals surface area contributed by atoms with Gasteiger partial charge in [-0.2, -0.15) is 13.2 Å². The van der Waals surface area contributed by atoms with Crippen LogP contribution in [0.3, 0.4) is 0 Å². The second-order valence-electron chi connectivity index (χ2n) is 7.51. The van der Waals surface area contributed by atoms with Gasteiger partial charge in [-0.1, -0.05) is 17.7 Å². The fourth-order valence-electron chi connectivity index (χ4n) is 2.84. The van der Waals surface area contributed by atoms with Crippen molar-refractivity contribution in [3.05, 3.63) is 94.5 Å². The summed E-state index contributed by atoms with van der Waals surface area (Å²) in [5.74, 6) is -0.505. The van der Waals surface area contributed by atoms with E-state index in [9.17, 15) is 22.8 Å². The molecule has 8 heteroatoms. The van der Waals surface area contributed by atoms with Crippen LogP contribution >= 0.6 is 11.6 Å². The Kier molecular flexibility index (Phi) is 6.60. The third-order valence-electron chi connectivity index (χ3n) is 4.59. The van der Waals surface area contributed by atoms with E-state index in [4.69, 9.17) is 16.3 Å². The predicted molar refractivity (Wildman–Crippen MR) is 116 cm³/mol. The van der Waals surface area contributed by atoms with E-state index in [-0.39, 0.29) is 11.5 Å². The Balaban J connectivity index is 1.68. The number of nitrogens with one attached hydrogen (secondary N) is 1. The van der Waals surface area contributed by atoms with Crippen LogP contribution in [0.5, 0.6) is 5.75 Å². The summed E-state index contributed by atoms with van der Waals surface area (Å²) >= 11 is 5.84. The first-order valence-electron chi connectivity index (χ1n) is 9.54. The minimum atomic E-state index is -4.52. The number of rotatable bonds is 6. The van der Waals surface area contributed by atoms with Gasteiger partial charge in [0.15, 0.2) is 11.4 Å². The third kappa shape index (κ3) is 5.68. The third-order valence-corrected chi connectivity index (χ3v) is 4.84. The lowest BCUT2D eigenvalue weighted by molar-refractivity contribution is -0.137. The van der Waals surface area contributed by atoms with Gasteiger partial charge in [0.05, 0.1) is 5.56 Å². The number of ether oxygens (including phenoxy) is 1. The smallest absolute Gasteiger partial charge is 0.416 e. The molecule has 0 radical (unpaired) electrons. The number of carbonyl (C=O) groups is 2. The maximum Gasteiger partial charge on any atom is 0.416 e. The molecule has 0 saturated carbocycles. The Bertz CT molecular complexity index is 1120. The number of benzene rings is 3. The van der Waals surface area contributed by atoms with Crippen LogP contribution in [0.25, 0.3) is 0 Å². The van der Waals surface area contributed by atoms with E-state index < -0.39 is 23.2 Å². The first-order valence-corrected chi connectivity index (χ1v) is 9.91. The Hall–Kier alpha value is -3.32. The molecule has 0 atom stereocenters. The zero-order valence-corrected chi connectivity index (χ0v) is 17.9. The molecule has 0 heterocycles. The SMILES string of the molecule is CC(C)(Oc1ccc(C(=O)c2ccc(Cl)cc2)cc1)C(=O)Nc1cccc(C(F)(F)F)c1. The van der Waals surface area contributed by atoms with Crippen molar-refractivity contribution in [1.29, 1.82) is 0 Å². The highest BCUT2D eigenvalue weighted by Gasteiger charge is 2.32. The van der Waals surface area contributed by atoms with Crippen LogP contribution in [0.2, 0.25) is 5.02 Å². The second kappa shape index (κ2) is 9.04. The number of hydrogen-bond acceptors (Lipinski definition) is 3. The van der Waals surface area contributed by atoms with E-state index in [0.29, 0.717) is 21.9 Å². The Labute approximate surface area is 188 Å². The van der Waals surface area contributed by atoms with Gasteiger partial charge < -0.3 is 10.1 Å². The van der Waals surface area contributed by atoms with Gasteiger partial charge in [0.2, 0.25) is 0 Å². The Morgan fingerprint density at radius 2 is 1.44 bits per heavy atom. The molecule has 3 aromatic rings. The fourth-order valence-corrected chi connectivity index (χ4v) is 2.96. The molecule has 0 aliphatic carbocycles. The molecular formula is C24H19ClF3NO3. The minimum absolute atomic E-state index is 0.00501. The van der Waals surface area contributed by atoms with Crippen molar-refractivity contribution in [2.75, 3.05) is 5.32 Å². The normalized spacial score (nSPS) is 11.7. The number of ketones is 1. The Morgan fingerprint density at radius 3 is 2.00 bits per heavy atom. The van der Waals surface area contributed by atoms with Crippen LogP contribution in [-0.2, 0) is 11.0 Å². The summed E-state index contributed by atoms with van der Waals surface area (Å²) < 4.78 is 44.4. The van der Waals surface area contributed by atoms with E-state index in [2.05, 4.69) is 5.32 Å². The van der Waals surface area contributed by atoms with E-state index in [1.165, 1.54) is 26.0 Å². The highest BCUT2D eigenvalue weighted by atomic mass is 35.5. The summed E-state index contributed by atoms with van der Waals surface area (Å²) in [7, 11) is 0.